The van der Waals surface area contributed by atoms with Crippen LogP contribution in [0.1, 0.15) is 50.0 Å². The fourth-order valence-corrected chi connectivity index (χ4v) is 4.23. The Bertz CT molecular complexity index is 1170. The Labute approximate surface area is 195 Å². The van der Waals surface area contributed by atoms with Crippen molar-refractivity contribution in [1.82, 2.24) is 20.1 Å². The number of fused-ring (bicyclic) bond motifs is 1. The molecule has 1 aliphatic heterocycles. The standard InChI is InChI=1S/C24H28F2N4O4/c1-14(2)30-19-12-17(22(32)28-24(15(3)31)7-9-33-10-8-24)13-27-21(19)20(29-30)16-5-4-6-18(11-16)34-23(25)26/h4-6,11-15,23,31H,7-10H2,1-3H3,(H,28,32)/t15-/m1/s1. The number of amides is 1. The van der Waals surface area contributed by atoms with Gasteiger partial charge < -0.3 is 19.9 Å². The molecule has 0 radical (unpaired) electrons. The molecule has 4 rings (SSSR count). The van der Waals surface area contributed by atoms with Crippen LogP contribution in [0.4, 0.5) is 8.78 Å². The molecule has 2 N–H and O–H groups in total. The molecule has 1 aliphatic rings. The van der Waals surface area contributed by atoms with E-state index in [4.69, 9.17) is 4.74 Å². The van der Waals surface area contributed by atoms with Crippen molar-refractivity contribution >= 4 is 16.9 Å². The van der Waals surface area contributed by atoms with Crippen LogP contribution in [-0.4, -0.2) is 57.2 Å². The highest BCUT2D eigenvalue weighted by atomic mass is 19.3. The van der Waals surface area contributed by atoms with Gasteiger partial charge in [-0.1, -0.05) is 12.1 Å². The minimum absolute atomic E-state index is 0.0237. The average Bonchev–Trinajstić information content (AvgIpc) is 3.18. The number of alkyl halides is 2. The van der Waals surface area contributed by atoms with Gasteiger partial charge >= 0.3 is 6.61 Å². The lowest BCUT2D eigenvalue weighted by Crippen LogP contribution is -2.58. The summed E-state index contributed by atoms with van der Waals surface area (Å²) in [5.74, 6) is -0.321. The highest BCUT2D eigenvalue weighted by Gasteiger charge is 2.39. The fourth-order valence-electron chi connectivity index (χ4n) is 4.23. The predicted molar refractivity (Wildman–Crippen MR) is 122 cm³/mol. The SMILES string of the molecule is CC(C)n1nc(-c2cccc(OC(F)F)c2)c2ncc(C(=O)NC3([C@@H](C)O)CCOCC3)cc21. The lowest BCUT2D eigenvalue weighted by molar-refractivity contribution is -0.0498. The van der Waals surface area contributed by atoms with Crippen LogP contribution in [0.15, 0.2) is 36.5 Å². The smallest absolute Gasteiger partial charge is 0.387 e. The third-order valence-corrected chi connectivity index (χ3v) is 6.18. The minimum atomic E-state index is -2.93. The topological polar surface area (TPSA) is 98.5 Å². The molecule has 10 heteroatoms. The third kappa shape index (κ3) is 4.74. The second kappa shape index (κ2) is 9.63. The van der Waals surface area contributed by atoms with Crippen molar-refractivity contribution in [2.24, 2.45) is 0 Å². The summed E-state index contributed by atoms with van der Waals surface area (Å²) < 4.78 is 37.0. The average molecular weight is 475 g/mol. The summed E-state index contributed by atoms with van der Waals surface area (Å²) in [5.41, 5.74) is 1.82. The Morgan fingerprint density at radius 3 is 2.62 bits per heavy atom. The molecule has 0 spiro atoms. The summed E-state index contributed by atoms with van der Waals surface area (Å²) in [6.45, 7) is 3.55. The van der Waals surface area contributed by atoms with Crippen molar-refractivity contribution < 1.29 is 28.2 Å². The van der Waals surface area contributed by atoms with E-state index >= 15 is 0 Å². The normalized spacial score (nSPS) is 16.7. The largest absolute Gasteiger partial charge is 0.435 e. The lowest BCUT2D eigenvalue weighted by atomic mass is 9.84. The summed E-state index contributed by atoms with van der Waals surface area (Å²) in [4.78, 5) is 17.7. The van der Waals surface area contributed by atoms with E-state index in [-0.39, 0.29) is 17.7 Å². The number of hydrogen-bond acceptors (Lipinski definition) is 6. The Balaban J connectivity index is 1.71. The third-order valence-electron chi connectivity index (χ3n) is 6.18. The molecule has 0 unspecified atom stereocenters. The number of ether oxygens (including phenoxy) is 2. The molecule has 1 amide bonds. The minimum Gasteiger partial charge on any atom is -0.435 e. The molecular formula is C24H28F2N4O4. The number of hydrogen-bond donors (Lipinski definition) is 2. The van der Waals surface area contributed by atoms with E-state index in [1.807, 2.05) is 13.8 Å². The molecule has 0 bridgehead atoms. The molecular weight excluding hydrogens is 446 g/mol. The highest BCUT2D eigenvalue weighted by molar-refractivity contribution is 5.99. The van der Waals surface area contributed by atoms with Crippen LogP contribution in [0, 0.1) is 0 Å². The van der Waals surface area contributed by atoms with Crippen LogP contribution in [0.3, 0.4) is 0 Å². The van der Waals surface area contributed by atoms with Gasteiger partial charge in [0.05, 0.1) is 22.7 Å². The molecule has 34 heavy (non-hydrogen) atoms. The Hall–Kier alpha value is -3.11. The van der Waals surface area contributed by atoms with Crippen molar-refractivity contribution in [3.05, 3.63) is 42.1 Å². The first-order valence-electron chi connectivity index (χ1n) is 11.2. The van der Waals surface area contributed by atoms with Gasteiger partial charge in [0.25, 0.3) is 5.91 Å². The Kier molecular flexibility index (Phi) is 6.81. The van der Waals surface area contributed by atoms with Gasteiger partial charge in [0.15, 0.2) is 0 Å². The van der Waals surface area contributed by atoms with Crippen molar-refractivity contribution in [2.45, 2.75) is 57.9 Å². The van der Waals surface area contributed by atoms with Gasteiger partial charge in [0.2, 0.25) is 0 Å². The Morgan fingerprint density at radius 2 is 1.97 bits per heavy atom. The summed E-state index contributed by atoms with van der Waals surface area (Å²) in [6, 6.07) is 7.95. The van der Waals surface area contributed by atoms with Crippen LogP contribution in [0.25, 0.3) is 22.3 Å². The maximum atomic E-state index is 13.2. The number of aliphatic hydroxyl groups excluding tert-OH is 1. The first-order chi connectivity index (χ1) is 16.2. The number of nitrogens with one attached hydrogen (secondary N) is 1. The van der Waals surface area contributed by atoms with Crippen LogP contribution < -0.4 is 10.1 Å². The first-order valence-corrected chi connectivity index (χ1v) is 11.2. The molecule has 1 fully saturated rings. The quantitative estimate of drug-likeness (QED) is 0.538. The maximum Gasteiger partial charge on any atom is 0.387 e. The van der Waals surface area contributed by atoms with Gasteiger partial charge in [-0.05, 0) is 51.8 Å². The summed E-state index contributed by atoms with van der Waals surface area (Å²) in [6.07, 6.45) is 1.74. The summed E-state index contributed by atoms with van der Waals surface area (Å²) >= 11 is 0. The van der Waals surface area contributed by atoms with E-state index in [0.717, 1.165) is 0 Å². The zero-order valence-corrected chi connectivity index (χ0v) is 19.3. The van der Waals surface area contributed by atoms with Gasteiger partial charge in [-0.3, -0.25) is 14.5 Å². The van der Waals surface area contributed by atoms with Crippen molar-refractivity contribution in [1.29, 1.82) is 0 Å². The molecule has 1 saturated heterocycles. The number of aromatic nitrogens is 3. The van der Waals surface area contributed by atoms with Gasteiger partial charge in [0, 0.05) is 31.0 Å². The van der Waals surface area contributed by atoms with Crippen LogP contribution in [0.2, 0.25) is 0 Å². The van der Waals surface area contributed by atoms with E-state index in [0.29, 0.717) is 53.9 Å². The van der Waals surface area contributed by atoms with Gasteiger partial charge in [-0.25, -0.2) is 0 Å². The van der Waals surface area contributed by atoms with Gasteiger partial charge in [-0.2, -0.15) is 13.9 Å². The number of carbonyl (C=O) groups is 1. The molecule has 0 saturated carbocycles. The van der Waals surface area contributed by atoms with Crippen molar-refractivity contribution in [3.8, 4) is 17.0 Å². The lowest BCUT2D eigenvalue weighted by Gasteiger charge is -2.40. The summed E-state index contributed by atoms with van der Waals surface area (Å²) in [7, 11) is 0. The molecule has 2 aromatic heterocycles. The van der Waals surface area contributed by atoms with E-state index < -0.39 is 18.3 Å². The number of aliphatic hydroxyl groups is 1. The number of halogens is 2. The monoisotopic (exact) mass is 474 g/mol. The van der Waals surface area contributed by atoms with Crippen molar-refractivity contribution in [2.75, 3.05) is 13.2 Å². The number of benzene rings is 1. The molecule has 1 aromatic carbocycles. The first kappa shape index (κ1) is 24.0. The van der Waals surface area contributed by atoms with Crippen LogP contribution in [-0.2, 0) is 4.74 Å². The van der Waals surface area contributed by atoms with Crippen LogP contribution >= 0.6 is 0 Å². The second-order valence-corrected chi connectivity index (χ2v) is 8.78. The number of pyridine rings is 1. The fraction of sp³-hybridized carbons (Fsp3) is 0.458. The van der Waals surface area contributed by atoms with E-state index in [2.05, 4.69) is 20.1 Å². The van der Waals surface area contributed by atoms with Crippen LogP contribution in [0.5, 0.6) is 5.75 Å². The molecule has 8 nitrogen and oxygen atoms in total. The highest BCUT2D eigenvalue weighted by Crippen LogP contribution is 2.32. The molecule has 182 valence electrons. The molecule has 0 aliphatic carbocycles. The van der Waals surface area contributed by atoms with Gasteiger partial charge in [-0.15, -0.1) is 0 Å². The van der Waals surface area contributed by atoms with Gasteiger partial charge in [0.1, 0.15) is 17.0 Å². The maximum absolute atomic E-state index is 13.2. The molecule has 3 aromatic rings. The predicted octanol–water partition coefficient (Wildman–Crippen LogP) is 3.94. The Morgan fingerprint density at radius 1 is 1.24 bits per heavy atom. The second-order valence-electron chi connectivity index (χ2n) is 8.78. The van der Waals surface area contributed by atoms with E-state index in [9.17, 15) is 18.7 Å². The number of carbonyl (C=O) groups excluding carboxylic acids is 1. The number of rotatable bonds is 7. The van der Waals surface area contributed by atoms with E-state index in [1.165, 1.54) is 18.3 Å². The summed E-state index contributed by atoms with van der Waals surface area (Å²) in [5, 5.41) is 18.0. The number of nitrogens with zero attached hydrogens (tertiary/aromatic N) is 3. The van der Waals surface area contributed by atoms with E-state index in [1.54, 1.807) is 29.8 Å². The zero-order chi connectivity index (χ0) is 24.5. The molecule has 1 atom stereocenters. The van der Waals surface area contributed by atoms with Crippen molar-refractivity contribution in [3.63, 3.8) is 0 Å². The zero-order valence-electron chi connectivity index (χ0n) is 19.3. The molecule has 3 heterocycles.